The van der Waals surface area contributed by atoms with Gasteiger partial charge in [-0.3, -0.25) is 14.9 Å². The monoisotopic (exact) mass is 350 g/mol. The van der Waals surface area contributed by atoms with Gasteiger partial charge in [-0.15, -0.1) is 5.10 Å². The smallest absolute Gasteiger partial charge is 0.261 e. The number of hydrogen-bond acceptors (Lipinski definition) is 6. The SMILES string of the molecule is Cn1nc(-c2ccccc2)nc1NC(=O)Cn1ncc2c(=O)[nH]cnc21. The zero-order chi connectivity index (χ0) is 18.1. The summed E-state index contributed by atoms with van der Waals surface area (Å²) in [6.45, 7) is -0.104. The van der Waals surface area contributed by atoms with Crippen LogP contribution in [0.3, 0.4) is 0 Å². The van der Waals surface area contributed by atoms with Crippen LogP contribution in [0.5, 0.6) is 0 Å². The first-order valence-corrected chi connectivity index (χ1v) is 7.77. The zero-order valence-electron chi connectivity index (χ0n) is 13.7. The average molecular weight is 350 g/mol. The van der Waals surface area contributed by atoms with Crippen molar-refractivity contribution in [2.75, 3.05) is 5.32 Å². The summed E-state index contributed by atoms with van der Waals surface area (Å²) in [6.07, 6.45) is 2.65. The average Bonchev–Trinajstić information content (AvgIpc) is 3.21. The summed E-state index contributed by atoms with van der Waals surface area (Å²) in [5.74, 6) is 0.476. The second-order valence-corrected chi connectivity index (χ2v) is 5.57. The highest BCUT2D eigenvalue weighted by atomic mass is 16.2. The molecule has 0 saturated heterocycles. The molecular weight excluding hydrogens is 336 g/mol. The first-order valence-electron chi connectivity index (χ1n) is 7.77. The summed E-state index contributed by atoms with van der Waals surface area (Å²) in [4.78, 5) is 34.9. The molecule has 0 atom stereocenters. The number of benzene rings is 1. The number of aromatic amines is 1. The van der Waals surface area contributed by atoms with Crippen molar-refractivity contribution in [1.82, 2.24) is 34.5 Å². The highest BCUT2D eigenvalue weighted by molar-refractivity contribution is 5.90. The lowest BCUT2D eigenvalue weighted by Gasteiger charge is -2.04. The number of aromatic nitrogens is 7. The quantitative estimate of drug-likeness (QED) is 0.554. The van der Waals surface area contributed by atoms with Crippen molar-refractivity contribution in [3.05, 3.63) is 53.2 Å². The normalized spacial score (nSPS) is 11.0. The fraction of sp³-hybridized carbons (Fsp3) is 0.125. The van der Waals surface area contributed by atoms with Crippen LogP contribution in [0.25, 0.3) is 22.4 Å². The Morgan fingerprint density at radius 3 is 2.88 bits per heavy atom. The zero-order valence-corrected chi connectivity index (χ0v) is 13.7. The molecule has 130 valence electrons. The number of nitrogens with one attached hydrogen (secondary N) is 2. The van der Waals surface area contributed by atoms with Crippen LogP contribution in [0.4, 0.5) is 5.95 Å². The Hall–Kier alpha value is -3.82. The number of nitrogens with zero attached hydrogens (tertiary/aromatic N) is 6. The fourth-order valence-electron chi connectivity index (χ4n) is 2.52. The van der Waals surface area contributed by atoms with Crippen LogP contribution in [0.2, 0.25) is 0 Å². The van der Waals surface area contributed by atoms with Gasteiger partial charge in [-0.1, -0.05) is 30.3 Å². The molecule has 4 rings (SSSR count). The first-order chi connectivity index (χ1) is 12.6. The van der Waals surface area contributed by atoms with Gasteiger partial charge in [-0.05, 0) is 0 Å². The minimum Gasteiger partial charge on any atom is -0.312 e. The molecule has 0 aliphatic heterocycles. The number of anilines is 1. The van der Waals surface area contributed by atoms with Gasteiger partial charge in [0.25, 0.3) is 5.56 Å². The van der Waals surface area contributed by atoms with E-state index in [1.54, 1.807) is 7.05 Å². The van der Waals surface area contributed by atoms with Crippen molar-refractivity contribution >= 4 is 22.9 Å². The fourth-order valence-corrected chi connectivity index (χ4v) is 2.52. The Kier molecular flexibility index (Phi) is 3.77. The Bertz CT molecular complexity index is 1140. The number of carbonyl (C=O) groups is 1. The largest absolute Gasteiger partial charge is 0.312 e. The molecule has 2 N–H and O–H groups in total. The molecule has 0 spiro atoms. The maximum absolute atomic E-state index is 12.3. The van der Waals surface area contributed by atoms with Gasteiger partial charge in [-0.2, -0.15) is 10.1 Å². The third kappa shape index (κ3) is 2.83. The van der Waals surface area contributed by atoms with Gasteiger partial charge in [0.15, 0.2) is 11.5 Å². The molecule has 0 unspecified atom stereocenters. The van der Waals surface area contributed by atoms with Crippen molar-refractivity contribution in [3.8, 4) is 11.4 Å². The Morgan fingerprint density at radius 2 is 2.08 bits per heavy atom. The van der Waals surface area contributed by atoms with E-state index in [-0.39, 0.29) is 18.0 Å². The van der Waals surface area contributed by atoms with Crippen LogP contribution in [0.1, 0.15) is 0 Å². The maximum atomic E-state index is 12.3. The number of carbonyl (C=O) groups excluding carboxylic acids is 1. The van der Waals surface area contributed by atoms with Gasteiger partial charge in [-0.25, -0.2) is 14.3 Å². The predicted molar refractivity (Wildman–Crippen MR) is 93.2 cm³/mol. The molecule has 0 aliphatic carbocycles. The van der Waals surface area contributed by atoms with E-state index in [0.717, 1.165) is 5.56 Å². The summed E-state index contributed by atoms with van der Waals surface area (Å²) in [6, 6.07) is 9.46. The summed E-state index contributed by atoms with van der Waals surface area (Å²) in [5.41, 5.74) is 0.888. The molecule has 10 nitrogen and oxygen atoms in total. The Balaban J connectivity index is 1.54. The summed E-state index contributed by atoms with van der Waals surface area (Å²) in [5, 5.41) is 11.4. The van der Waals surface area contributed by atoms with E-state index < -0.39 is 0 Å². The van der Waals surface area contributed by atoms with Crippen LogP contribution in [0, 0.1) is 0 Å². The van der Waals surface area contributed by atoms with Crippen molar-refractivity contribution in [3.63, 3.8) is 0 Å². The highest BCUT2D eigenvalue weighted by Gasteiger charge is 2.14. The lowest BCUT2D eigenvalue weighted by molar-refractivity contribution is -0.116. The van der Waals surface area contributed by atoms with Gasteiger partial charge < -0.3 is 4.98 Å². The maximum Gasteiger partial charge on any atom is 0.261 e. The number of fused-ring (bicyclic) bond motifs is 1. The van der Waals surface area contributed by atoms with Crippen molar-refractivity contribution < 1.29 is 4.79 Å². The molecular formula is C16H14N8O2. The summed E-state index contributed by atoms with van der Waals surface area (Å²) < 4.78 is 2.85. The van der Waals surface area contributed by atoms with Gasteiger partial charge >= 0.3 is 0 Å². The lowest BCUT2D eigenvalue weighted by Crippen LogP contribution is -2.22. The molecule has 1 amide bonds. The molecule has 0 radical (unpaired) electrons. The predicted octanol–water partition coefficient (Wildman–Crippen LogP) is 0.554. The van der Waals surface area contributed by atoms with E-state index in [2.05, 4.69) is 30.5 Å². The van der Waals surface area contributed by atoms with Gasteiger partial charge in [0.1, 0.15) is 11.9 Å². The first kappa shape index (κ1) is 15.7. The van der Waals surface area contributed by atoms with E-state index in [1.807, 2.05) is 30.3 Å². The molecule has 3 heterocycles. The van der Waals surface area contributed by atoms with Crippen LogP contribution in [-0.2, 0) is 18.4 Å². The van der Waals surface area contributed by atoms with E-state index in [9.17, 15) is 9.59 Å². The van der Waals surface area contributed by atoms with Crippen molar-refractivity contribution in [2.24, 2.45) is 7.05 Å². The van der Waals surface area contributed by atoms with Gasteiger partial charge in [0.2, 0.25) is 11.9 Å². The summed E-state index contributed by atoms with van der Waals surface area (Å²) in [7, 11) is 1.69. The molecule has 0 fully saturated rings. The van der Waals surface area contributed by atoms with Gasteiger partial charge in [0.05, 0.1) is 12.5 Å². The Morgan fingerprint density at radius 1 is 1.27 bits per heavy atom. The second-order valence-electron chi connectivity index (χ2n) is 5.57. The number of aryl methyl sites for hydroxylation is 1. The number of rotatable bonds is 4. The van der Waals surface area contributed by atoms with Crippen LogP contribution < -0.4 is 10.9 Å². The van der Waals surface area contributed by atoms with Gasteiger partial charge in [0, 0.05) is 12.6 Å². The van der Waals surface area contributed by atoms with Crippen molar-refractivity contribution in [1.29, 1.82) is 0 Å². The Labute approximate surface area is 146 Å². The highest BCUT2D eigenvalue weighted by Crippen LogP contribution is 2.16. The minimum atomic E-state index is -0.354. The third-order valence-corrected chi connectivity index (χ3v) is 3.78. The molecule has 4 aromatic rings. The van der Waals surface area contributed by atoms with E-state index in [0.29, 0.717) is 22.8 Å². The molecule has 1 aromatic carbocycles. The topological polar surface area (TPSA) is 123 Å². The van der Waals surface area contributed by atoms with Crippen LogP contribution >= 0.6 is 0 Å². The standard InChI is InChI=1S/C16H14N8O2/c1-23-16(21-13(22-23)10-5-3-2-4-6-10)20-12(25)8-24-14-11(7-19-24)15(26)18-9-17-14/h2-7,9H,8H2,1H3,(H,17,18,26)(H,20,21,22,25). The molecule has 10 heteroatoms. The minimum absolute atomic E-state index is 0.104. The summed E-state index contributed by atoms with van der Waals surface area (Å²) >= 11 is 0. The molecule has 0 saturated carbocycles. The van der Waals surface area contributed by atoms with E-state index in [1.165, 1.54) is 21.9 Å². The lowest BCUT2D eigenvalue weighted by atomic mass is 10.2. The number of amides is 1. The van der Waals surface area contributed by atoms with E-state index >= 15 is 0 Å². The van der Waals surface area contributed by atoms with Crippen LogP contribution in [0.15, 0.2) is 47.7 Å². The molecule has 0 aliphatic rings. The number of H-pyrrole nitrogens is 1. The third-order valence-electron chi connectivity index (χ3n) is 3.78. The van der Waals surface area contributed by atoms with E-state index in [4.69, 9.17) is 0 Å². The van der Waals surface area contributed by atoms with Crippen LogP contribution in [-0.4, -0.2) is 40.4 Å². The molecule has 3 aromatic heterocycles. The second kappa shape index (κ2) is 6.24. The molecule has 0 bridgehead atoms. The van der Waals surface area contributed by atoms with Crippen molar-refractivity contribution in [2.45, 2.75) is 6.54 Å². The number of hydrogen-bond donors (Lipinski definition) is 2. The molecule has 26 heavy (non-hydrogen) atoms.